The van der Waals surface area contributed by atoms with E-state index in [0.717, 1.165) is 17.9 Å². The van der Waals surface area contributed by atoms with Gasteiger partial charge in [-0.3, -0.25) is 0 Å². The topological polar surface area (TPSA) is 78.6 Å². The Labute approximate surface area is 122 Å². The molecule has 0 saturated carbocycles. The number of rotatable bonds is 6. The molecule has 0 unspecified atom stereocenters. The highest BCUT2D eigenvalue weighted by molar-refractivity contribution is 5.55. The molecule has 0 amide bonds. The van der Waals surface area contributed by atoms with Crippen molar-refractivity contribution in [1.29, 1.82) is 0 Å². The van der Waals surface area contributed by atoms with E-state index in [4.69, 9.17) is 18.7 Å². The number of nitrogens with one attached hydrogen (secondary N) is 1. The molecule has 1 aromatic carbocycles. The summed E-state index contributed by atoms with van der Waals surface area (Å²) in [7, 11) is 1.62. The van der Waals surface area contributed by atoms with Gasteiger partial charge in [0.25, 0.3) is 0 Å². The first-order valence-electron chi connectivity index (χ1n) is 6.72. The lowest BCUT2D eigenvalue weighted by atomic mass is 10.2. The average molecular weight is 291 g/mol. The van der Waals surface area contributed by atoms with Crippen LogP contribution in [0.15, 0.2) is 16.7 Å². The molecule has 1 aliphatic heterocycles. The van der Waals surface area contributed by atoms with Gasteiger partial charge in [0, 0.05) is 19.5 Å². The minimum atomic E-state index is 0.235. The number of fused-ring (bicyclic) bond motifs is 1. The largest absolute Gasteiger partial charge is 0.493 e. The van der Waals surface area contributed by atoms with E-state index < -0.39 is 0 Å². The summed E-state index contributed by atoms with van der Waals surface area (Å²) in [5.41, 5.74) is 1.07. The standard InChI is InChI=1S/C14H17N3O4/c1-9-16-13(21-17-9)3-4-15-7-10-5-11(18-2)14-12(6-10)19-8-20-14/h5-6,15H,3-4,7-8H2,1-2H3. The predicted molar refractivity (Wildman–Crippen MR) is 73.6 cm³/mol. The van der Waals surface area contributed by atoms with Gasteiger partial charge in [-0.25, -0.2) is 0 Å². The maximum atomic E-state index is 5.40. The van der Waals surface area contributed by atoms with E-state index in [2.05, 4.69) is 15.5 Å². The Morgan fingerprint density at radius 2 is 2.24 bits per heavy atom. The van der Waals surface area contributed by atoms with Crippen molar-refractivity contribution >= 4 is 0 Å². The van der Waals surface area contributed by atoms with E-state index in [0.29, 0.717) is 36.2 Å². The minimum Gasteiger partial charge on any atom is -0.493 e. The molecule has 3 rings (SSSR count). The van der Waals surface area contributed by atoms with E-state index >= 15 is 0 Å². The summed E-state index contributed by atoms with van der Waals surface area (Å²) < 4.78 is 21.1. The predicted octanol–water partition coefficient (Wildman–Crippen LogP) is 1.45. The molecule has 1 N–H and O–H groups in total. The smallest absolute Gasteiger partial charge is 0.231 e. The molecule has 2 aromatic rings. The van der Waals surface area contributed by atoms with E-state index in [9.17, 15) is 0 Å². The molecule has 1 aromatic heterocycles. The van der Waals surface area contributed by atoms with Crippen LogP contribution in [0.4, 0.5) is 0 Å². The van der Waals surface area contributed by atoms with Crippen LogP contribution < -0.4 is 19.5 Å². The minimum absolute atomic E-state index is 0.235. The van der Waals surface area contributed by atoms with Crippen LogP contribution in [0.25, 0.3) is 0 Å². The zero-order valence-electron chi connectivity index (χ0n) is 12.0. The number of hydrogen-bond acceptors (Lipinski definition) is 7. The van der Waals surface area contributed by atoms with E-state index in [1.54, 1.807) is 14.0 Å². The van der Waals surface area contributed by atoms with Gasteiger partial charge >= 0.3 is 0 Å². The lowest BCUT2D eigenvalue weighted by molar-refractivity contribution is 0.171. The number of hydrogen-bond donors (Lipinski definition) is 1. The molecular formula is C14H17N3O4. The fourth-order valence-electron chi connectivity index (χ4n) is 2.16. The highest BCUT2D eigenvalue weighted by atomic mass is 16.7. The van der Waals surface area contributed by atoms with Crippen molar-refractivity contribution in [3.05, 3.63) is 29.4 Å². The number of aromatic nitrogens is 2. The third-order valence-corrected chi connectivity index (χ3v) is 3.13. The molecule has 7 nitrogen and oxygen atoms in total. The van der Waals surface area contributed by atoms with Crippen molar-refractivity contribution in [3.63, 3.8) is 0 Å². The van der Waals surface area contributed by atoms with Crippen LogP contribution in [0.1, 0.15) is 17.3 Å². The van der Waals surface area contributed by atoms with Crippen LogP contribution in [0.3, 0.4) is 0 Å². The van der Waals surface area contributed by atoms with Gasteiger partial charge in [-0.05, 0) is 24.6 Å². The summed E-state index contributed by atoms with van der Waals surface area (Å²) in [6.45, 7) is 3.48. The summed E-state index contributed by atoms with van der Waals surface area (Å²) in [6, 6.07) is 3.89. The second-order valence-electron chi connectivity index (χ2n) is 4.69. The summed E-state index contributed by atoms with van der Waals surface area (Å²) >= 11 is 0. The van der Waals surface area contributed by atoms with Crippen molar-refractivity contribution in [1.82, 2.24) is 15.5 Å². The first-order valence-corrected chi connectivity index (χ1v) is 6.72. The molecule has 0 aliphatic carbocycles. The van der Waals surface area contributed by atoms with Gasteiger partial charge in [0.05, 0.1) is 7.11 Å². The van der Waals surface area contributed by atoms with E-state index in [-0.39, 0.29) is 6.79 Å². The van der Waals surface area contributed by atoms with Crippen LogP contribution in [0.2, 0.25) is 0 Å². The van der Waals surface area contributed by atoms with Gasteiger partial charge in [-0.1, -0.05) is 5.16 Å². The summed E-state index contributed by atoms with van der Waals surface area (Å²) in [6.07, 6.45) is 0.697. The normalized spacial score (nSPS) is 12.7. The van der Waals surface area contributed by atoms with Crippen LogP contribution in [-0.4, -0.2) is 30.6 Å². The van der Waals surface area contributed by atoms with Crippen LogP contribution in [-0.2, 0) is 13.0 Å². The Balaban J connectivity index is 1.56. The maximum Gasteiger partial charge on any atom is 0.231 e. The molecule has 112 valence electrons. The second kappa shape index (κ2) is 6.01. The van der Waals surface area contributed by atoms with Crippen LogP contribution >= 0.6 is 0 Å². The number of nitrogens with zero attached hydrogens (tertiary/aromatic N) is 2. The highest BCUT2D eigenvalue weighted by Crippen LogP contribution is 2.41. The number of aryl methyl sites for hydroxylation is 1. The Bertz CT molecular complexity index is 627. The third kappa shape index (κ3) is 3.08. The lowest BCUT2D eigenvalue weighted by Crippen LogP contribution is -2.16. The maximum absolute atomic E-state index is 5.40. The van der Waals surface area contributed by atoms with Gasteiger partial charge in [0.1, 0.15) is 0 Å². The van der Waals surface area contributed by atoms with E-state index in [1.165, 1.54) is 0 Å². The first-order chi connectivity index (χ1) is 10.3. The Morgan fingerprint density at radius 3 is 3.00 bits per heavy atom. The molecule has 0 spiro atoms. The van der Waals surface area contributed by atoms with E-state index in [1.807, 2.05) is 12.1 Å². The Hall–Kier alpha value is -2.28. The number of methoxy groups -OCH3 is 1. The number of ether oxygens (including phenoxy) is 3. The second-order valence-corrected chi connectivity index (χ2v) is 4.69. The SMILES string of the molecule is COc1cc(CNCCc2nc(C)no2)cc2c1OCO2. The molecule has 21 heavy (non-hydrogen) atoms. The van der Waals surface area contributed by atoms with Crippen molar-refractivity contribution in [3.8, 4) is 17.2 Å². The van der Waals surface area contributed by atoms with Gasteiger partial charge in [-0.2, -0.15) is 4.98 Å². The van der Waals surface area contributed by atoms with Gasteiger partial charge in [-0.15, -0.1) is 0 Å². The summed E-state index contributed by atoms with van der Waals surface area (Å²) in [4.78, 5) is 4.16. The van der Waals surface area contributed by atoms with Gasteiger partial charge in [0.15, 0.2) is 17.3 Å². The molecule has 0 fully saturated rings. The third-order valence-electron chi connectivity index (χ3n) is 3.13. The lowest BCUT2D eigenvalue weighted by Gasteiger charge is -2.08. The van der Waals surface area contributed by atoms with Gasteiger partial charge < -0.3 is 24.1 Å². The summed E-state index contributed by atoms with van der Waals surface area (Å²) in [5, 5.41) is 7.08. The Morgan fingerprint density at radius 1 is 1.33 bits per heavy atom. The zero-order chi connectivity index (χ0) is 14.7. The van der Waals surface area contributed by atoms with Crippen molar-refractivity contribution < 1.29 is 18.7 Å². The molecule has 1 aliphatic rings. The summed E-state index contributed by atoms with van der Waals surface area (Å²) in [5.74, 6) is 3.38. The highest BCUT2D eigenvalue weighted by Gasteiger charge is 2.19. The average Bonchev–Trinajstić information content (AvgIpc) is 3.11. The fraction of sp³-hybridized carbons (Fsp3) is 0.429. The zero-order valence-corrected chi connectivity index (χ0v) is 12.0. The molecule has 0 saturated heterocycles. The van der Waals surface area contributed by atoms with Crippen molar-refractivity contribution in [2.45, 2.75) is 19.9 Å². The fourth-order valence-corrected chi connectivity index (χ4v) is 2.16. The van der Waals surface area contributed by atoms with Gasteiger partial charge in [0.2, 0.25) is 18.4 Å². The Kier molecular flexibility index (Phi) is 3.92. The number of benzene rings is 1. The van der Waals surface area contributed by atoms with Crippen molar-refractivity contribution in [2.24, 2.45) is 0 Å². The molecule has 7 heteroatoms. The molecule has 0 radical (unpaired) electrons. The van der Waals surface area contributed by atoms with Crippen LogP contribution in [0, 0.1) is 6.92 Å². The quantitative estimate of drug-likeness (QED) is 0.807. The van der Waals surface area contributed by atoms with Crippen LogP contribution in [0.5, 0.6) is 17.2 Å². The first kappa shape index (κ1) is 13.7. The molecule has 0 bridgehead atoms. The molecule has 2 heterocycles. The van der Waals surface area contributed by atoms with Crippen molar-refractivity contribution in [2.75, 3.05) is 20.4 Å². The molecule has 0 atom stereocenters. The monoisotopic (exact) mass is 291 g/mol. The molecular weight excluding hydrogens is 274 g/mol.